The van der Waals surface area contributed by atoms with Gasteiger partial charge < -0.3 is 10.1 Å². The molecule has 1 amide bonds. The number of Topliss-reactive ketones (excluding diaryl/α,β-unsaturated/α-hetero) is 1. The Kier molecular flexibility index (Phi) is 5.81. The minimum absolute atomic E-state index is 0.00827. The average Bonchev–Trinajstić information content (AvgIpc) is 2.58. The van der Waals surface area contributed by atoms with Gasteiger partial charge in [-0.3, -0.25) is 9.59 Å². The van der Waals surface area contributed by atoms with Crippen molar-refractivity contribution in [2.24, 2.45) is 5.92 Å². The van der Waals surface area contributed by atoms with Crippen LogP contribution in [-0.4, -0.2) is 30.8 Å². The van der Waals surface area contributed by atoms with E-state index in [1.165, 1.54) is 7.11 Å². The maximum Gasteiger partial charge on any atom is 0.416 e. The molecule has 1 aliphatic rings. The summed E-state index contributed by atoms with van der Waals surface area (Å²) in [4.78, 5) is 35.9. The molecule has 0 aliphatic heterocycles. The van der Waals surface area contributed by atoms with Crippen molar-refractivity contribution in [2.45, 2.75) is 37.9 Å². The number of ketones is 1. The lowest BCUT2D eigenvalue weighted by molar-refractivity contribution is -0.145. The molecule has 25 heavy (non-hydrogen) atoms. The van der Waals surface area contributed by atoms with Crippen LogP contribution in [0.1, 0.15) is 41.6 Å². The van der Waals surface area contributed by atoms with Gasteiger partial charge in [0.1, 0.15) is 11.8 Å². The Labute approximate surface area is 142 Å². The Morgan fingerprint density at radius 1 is 1.24 bits per heavy atom. The van der Waals surface area contributed by atoms with Crippen LogP contribution in [0.15, 0.2) is 24.3 Å². The molecule has 5 nitrogen and oxygen atoms in total. The molecular weight excluding hydrogens is 339 g/mol. The fourth-order valence-corrected chi connectivity index (χ4v) is 2.87. The van der Waals surface area contributed by atoms with Crippen molar-refractivity contribution in [3.05, 3.63) is 35.4 Å². The van der Waals surface area contributed by atoms with Crippen molar-refractivity contribution >= 4 is 17.7 Å². The van der Waals surface area contributed by atoms with Crippen LogP contribution >= 0.6 is 0 Å². The van der Waals surface area contributed by atoms with Crippen molar-refractivity contribution in [2.75, 3.05) is 7.11 Å². The topological polar surface area (TPSA) is 72.5 Å². The lowest BCUT2D eigenvalue weighted by Gasteiger charge is -2.28. The number of carbonyl (C=O) groups is 3. The third-order valence-corrected chi connectivity index (χ3v) is 4.21. The van der Waals surface area contributed by atoms with Crippen LogP contribution in [0.4, 0.5) is 13.2 Å². The van der Waals surface area contributed by atoms with Gasteiger partial charge in [0.15, 0.2) is 0 Å². The van der Waals surface area contributed by atoms with Crippen molar-refractivity contribution < 1.29 is 32.3 Å². The zero-order chi connectivity index (χ0) is 18.6. The number of ether oxygens (including phenoxy) is 1. The fraction of sp³-hybridized carbons (Fsp3) is 0.471. The van der Waals surface area contributed by atoms with Gasteiger partial charge in [0, 0.05) is 18.4 Å². The molecular formula is C17H18F3NO4. The number of halogens is 3. The smallest absolute Gasteiger partial charge is 0.416 e. The van der Waals surface area contributed by atoms with Crippen LogP contribution in [0.3, 0.4) is 0 Å². The van der Waals surface area contributed by atoms with Crippen LogP contribution in [0.2, 0.25) is 0 Å². The first-order chi connectivity index (χ1) is 11.7. The van der Waals surface area contributed by atoms with E-state index in [0.29, 0.717) is 19.3 Å². The highest BCUT2D eigenvalue weighted by atomic mass is 19.4. The second kappa shape index (κ2) is 7.67. The number of esters is 1. The number of hydrogen-bond acceptors (Lipinski definition) is 4. The zero-order valence-electron chi connectivity index (χ0n) is 13.6. The summed E-state index contributed by atoms with van der Waals surface area (Å²) in [5.74, 6) is -1.75. The van der Waals surface area contributed by atoms with Gasteiger partial charge in [-0.2, -0.15) is 13.2 Å². The lowest BCUT2D eigenvalue weighted by atomic mass is 9.83. The van der Waals surface area contributed by atoms with E-state index in [2.05, 4.69) is 10.1 Å². The molecule has 0 radical (unpaired) electrons. The van der Waals surface area contributed by atoms with E-state index in [9.17, 15) is 27.6 Å². The van der Waals surface area contributed by atoms with Crippen LogP contribution in [0.25, 0.3) is 0 Å². The molecule has 1 N–H and O–H groups in total. The lowest BCUT2D eigenvalue weighted by Crippen LogP contribution is -2.48. The molecule has 0 bridgehead atoms. The van der Waals surface area contributed by atoms with Gasteiger partial charge >= 0.3 is 12.1 Å². The molecule has 8 heteroatoms. The summed E-state index contributed by atoms with van der Waals surface area (Å²) in [6, 6.07) is 2.67. The predicted octanol–water partition coefficient (Wildman–Crippen LogP) is 2.74. The molecule has 0 aromatic heterocycles. The summed E-state index contributed by atoms with van der Waals surface area (Å²) in [5, 5.41) is 2.49. The van der Waals surface area contributed by atoms with Crippen molar-refractivity contribution in [1.29, 1.82) is 0 Å². The minimum Gasteiger partial charge on any atom is -0.467 e. The Hall–Kier alpha value is -2.38. The average molecular weight is 357 g/mol. The molecule has 1 saturated carbocycles. The molecule has 2 atom stereocenters. The number of hydrogen-bond donors (Lipinski definition) is 1. The summed E-state index contributed by atoms with van der Waals surface area (Å²) in [6.07, 6.45) is -2.69. The standard InChI is InChI=1S/C17H18F3NO4/c1-25-16(24)14(11-3-2-4-13(22)9-11)21-15(23)10-5-7-12(8-6-10)17(18,19)20/h5-8,11,14H,2-4,9H2,1H3,(H,21,23)/t11-,14+/m1/s1. The van der Waals surface area contributed by atoms with E-state index in [-0.39, 0.29) is 23.7 Å². The number of rotatable bonds is 4. The van der Waals surface area contributed by atoms with Gasteiger partial charge in [0.25, 0.3) is 5.91 Å². The number of benzene rings is 1. The molecule has 136 valence electrons. The van der Waals surface area contributed by atoms with Crippen LogP contribution in [0.5, 0.6) is 0 Å². The fourth-order valence-electron chi connectivity index (χ4n) is 2.87. The maximum atomic E-state index is 12.6. The number of carbonyl (C=O) groups excluding carboxylic acids is 3. The van der Waals surface area contributed by atoms with Crippen LogP contribution in [0, 0.1) is 5.92 Å². The van der Waals surface area contributed by atoms with Gasteiger partial charge in [-0.25, -0.2) is 4.79 Å². The normalized spacial score (nSPS) is 19.2. The Bertz CT molecular complexity index is 655. The number of nitrogens with one attached hydrogen (secondary N) is 1. The first kappa shape index (κ1) is 19.0. The molecule has 0 spiro atoms. The minimum atomic E-state index is -4.49. The summed E-state index contributed by atoms with van der Waals surface area (Å²) in [5.41, 5.74) is -0.879. The number of alkyl halides is 3. The van der Waals surface area contributed by atoms with Gasteiger partial charge in [0.05, 0.1) is 12.7 Å². The van der Waals surface area contributed by atoms with E-state index >= 15 is 0 Å². The number of methoxy groups -OCH3 is 1. The highest BCUT2D eigenvalue weighted by Crippen LogP contribution is 2.29. The third-order valence-electron chi connectivity index (χ3n) is 4.21. The van der Waals surface area contributed by atoms with E-state index in [4.69, 9.17) is 0 Å². The summed E-state index contributed by atoms with van der Waals surface area (Å²) >= 11 is 0. The van der Waals surface area contributed by atoms with Crippen LogP contribution in [-0.2, 0) is 20.5 Å². The molecule has 0 unspecified atom stereocenters. The third kappa shape index (κ3) is 4.80. The first-order valence-electron chi connectivity index (χ1n) is 7.80. The highest BCUT2D eigenvalue weighted by molar-refractivity contribution is 5.97. The van der Waals surface area contributed by atoms with Crippen LogP contribution < -0.4 is 5.32 Å². The first-order valence-corrected chi connectivity index (χ1v) is 7.80. The van der Waals surface area contributed by atoms with Gasteiger partial charge in [-0.1, -0.05) is 0 Å². The monoisotopic (exact) mass is 357 g/mol. The largest absolute Gasteiger partial charge is 0.467 e. The Balaban J connectivity index is 2.13. The summed E-state index contributed by atoms with van der Waals surface area (Å²) < 4.78 is 42.4. The van der Waals surface area contributed by atoms with Gasteiger partial charge in [0.2, 0.25) is 0 Å². The second-order valence-electron chi connectivity index (χ2n) is 5.94. The highest BCUT2D eigenvalue weighted by Gasteiger charge is 2.35. The Morgan fingerprint density at radius 3 is 2.40 bits per heavy atom. The molecule has 2 rings (SSSR count). The van der Waals surface area contributed by atoms with Crippen molar-refractivity contribution in [1.82, 2.24) is 5.32 Å². The van der Waals surface area contributed by atoms with E-state index in [1.807, 2.05) is 0 Å². The van der Waals surface area contributed by atoms with Gasteiger partial charge in [-0.05, 0) is 43.0 Å². The molecule has 1 aromatic rings. The predicted molar refractivity (Wildman–Crippen MR) is 81.7 cm³/mol. The van der Waals surface area contributed by atoms with E-state index in [1.54, 1.807) is 0 Å². The van der Waals surface area contributed by atoms with E-state index in [0.717, 1.165) is 24.3 Å². The maximum absolute atomic E-state index is 12.6. The zero-order valence-corrected chi connectivity index (χ0v) is 13.6. The molecule has 0 saturated heterocycles. The quantitative estimate of drug-likeness (QED) is 0.841. The number of amides is 1. The molecule has 0 heterocycles. The SMILES string of the molecule is COC(=O)[C@@H](NC(=O)c1ccc(C(F)(F)F)cc1)[C@@H]1CCCC(=O)C1. The summed E-state index contributed by atoms with van der Waals surface area (Å²) in [7, 11) is 1.17. The van der Waals surface area contributed by atoms with E-state index < -0.39 is 29.7 Å². The van der Waals surface area contributed by atoms with Crippen molar-refractivity contribution in [3.63, 3.8) is 0 Å². The molecule has 1 fully saturated rings. The summed E-state index contributed by atoms with van der Waals surface area (Å²) in [6.45, 7) is 0. The van der Waals surface area contributed by atoms with Crippen molar-refractivity contribution in [3.8, 4) is 0 Å². The Morgan fingerprint density at radius 2 is 1.88 bits per heavy atom. The molecule has 1 aliphatic carbocycles. The second-order valence-corrected chi connectivity index (χ2v) is 5.94. The molecule has 1 aromatic carbocycles. The van der Waals surface area contributed by atoms with Gasteiger partial charge in [-0.15, -0.1) is 0 Å².